The van der Waals surface area contributed by atoms with Crippen molar-refractivity contribution in [2.24, 2.45) is 0 Å². The number of amides is 2. The van der Waals surface area contributed by atoms with Gasteiger partial charge >= 0.3 is 0 Å². The Kier molecular flexibility index (Phi) is 6.81. The molecule has 3 rings (SSSR count). The number of hydrogen-bond acceptors (Lipinski definition) is 5. The van der Waals surface area contributed by atoms with Gasteiger partial charge < -0.3 is 20.7 Å². The Morgan fingerprint density at radius 1 is 1.26 bits per heavy atom. The zero-order valence-corrected chi connectivity index (χ0v) is 16.1. The average molecular weight is 394 g/mol. The maximum atomic E-state index is 13.1. The Hall–Kier alpha value is -2.58. The lowest BCUT2D eigenvalue weighted by Crippen LogP contribution is -2.52. The highest BCUT2D eigenvalue weighted by Gasteiger charge is 2.42. The van der Waals surface area contributed by atoms with Gasteiger partial charge in [-0.1, -0.05) is 0 Å². The zero-order chi connectivity index (χ0) is 18.6. The summed E-state index contributed by atoms with van der Waals surface area (Å²) in [7, 11) is 1.52. The summed E-state index contributed by atoms with van der Waals surface area (Å²) in [6.45, 7) is 2.93. The predicted octanol–water partition coefficient (Wildman–Crippen LogP) is 1.99. The van der Waals surface area contributed by atoms with Crippen LogP contribution in [0.15, 0.2) is 36.7 Å². The fourth-order valence-electron chi connectivity index (χ4n) is 3.23. The van der Waals surface area contributed by atoms with E-state index in [1.807, 2.05) is 12.3 Å². The SMILES string of the molecule is COc1cc(NC(=O)C2(n3cccn3)CCNCC2)ccc1NC(C)=O.Cl. The molecule has 0 bridgehead atoms. The highest BCUT2D eigenvalue weighted by atomic mass is 35.5. The van der Waals surface area contributed by atoms with E-state index in [4.69, 9.17) is 4.74 Å². The lowest BCUT2D eigenvalue weighted by molar-refractivity contribution is -0.126. The summed E-state index contributed by atoms with van der Waals surface area (Å²) in [5.41, 5.74) is 0.436. The van der Waals surface area contributed by atoms with Gasteiger partial charge in [0.15, 0.2) is 0 Å². The summed E-state index contributed by atoms with van der Waals surface area (Å²) >= 11 is 0. The van der Waals surface area contributed by atoms with Gasteiger partial charge in [-0.3, -0.25) is 14.3 Å². The highest BCUT2D eigenvalue weighted by molar-refractivity contribution is 5.98. The molecular weight excluding hydrogens is 370 g/mol. The summed E-state index contributed by atoms with van der Waals surface area (Å²) < 4.78 is 7.06. The number of rotatable bonds is 5. The van der Waals surface area contributed by atoms with E-state index in [0.29, 0.717) is 30.0 Å². The molecule has 1 fully saturated rings. The van der Waals surface area contributed by atoms with Crippen LogP contribution in [0, 0.1) is 0 Å². The van der Waals surface area contributed by atoms with Crippen molar-refractivity contribution in [1.82, 2.24) is 15.1 Å². The summed E-state index contributed by atoms with van der Waals surface area (Å²) in [6, 6.07) is 6.96. The fourth-order valence-corrected chi connectivity index (χ4v) is 3.23. The summed E-state index contributed by atoms with van der Waals surface area (Å²) in [5.74, 6) is 0.181. The van der Waals surface area contributed by atoms with E-state index in [-0.39, 0.29) is 24.2 Å². The smallest absolute Gasteiger partial charge is 0.252 e. The first kappa shape index (κ1) is 20.7. The van der Waals surface area contributed by atoms with Gasteiger partial charge in [-0.05, 0) is 44.1 Å². The molecule has 9 heteroatoms. The van der Waals surface area contributed by atoms with Crippen molar-refractivity contribution in [2.45, 2.75) is 25.3 Å². The van der Waals surface area contributed by atoms with Crippen LogP contribution in [-0.2, 0) is 15.1 Å². The normalized spacial score (nSPS) is 15.3. The molecule has 8 nitrogen and oxygen atoms in total. The van der Waals surface area contributed by atoms with Crippen LogP contribution in [-0.4, -0.2) is 41.8 Å². The molecule has 2 aromatic rings. The number of piperidine rings is 1. The third-order valence-electron chi connectivity index (χ3n) is 4.57. The first-order valence-corrected chi connectivity index (χ1v) is 8.53. The van der Waals surface area contributed by atoms with Crippen LogP contribution >= 0.6 is 12.4 Å². The molecule has 2 amide bonds. The van der Waals surface area contributed by atoms with Crippen LogP contribution < -0.4 is 20.7 Å². The second-order valence-corrected chi connectivity index (χ2v) is 6.28. The van der Waals surface area contributed by atoms with Gasteiger partial charge in [-0.25, -0.2) is 0 Å². The minimum absolute atomic E-state index is 0. The van der Waals surface area contributed by atoms with E-state index in [1.165, 1.54) is 14.0 Å². The first-order chi connectivity index (χ1) is 12.5. The van der Waals surface area contributed by atoms with Crippen LogP contribution in [0.1, 0.15) is 19.8 Å². The van der Waals surface area contributed by atoms with E-state index >= 15 is 0 Å². The zero-order valence-electron chi connectivity index (χ0n) is 15.3. The molecule has 0 spiro atoms. The monoisotopic (exact) mass is 393 g/mol. The van der Waals surface area contributed by atoms with E-state index in [0.717, 1.165) is 13.1 Å². The van der Waals surface area contributed by atoms with Gasteiger partial charge in [0.2, 0.25) is 5.91 Å². The molecule has 0 saturated carbocycles. The Balaban J connectivity index is 0.00000261. The molecule has 3 N–H and O–H groups in total. The molecule has 0 unspecified atom stereocenters. The Bertz CT molecular complexity index is 788. The van der Waals surface area contributed by atoms with E-state index in [9.17, 15) is 9.59 Å². The number of aromatic nitrogens is 2. The summed E-state index contributed by atoms with van der Waals surface area (Å²) in [6.07, 6.45) is 4.82. The van der Waals surface area contributed by atoms with Crippen LogP contribution in [0.4, 0.5) is 11.4 Å². The number of hydrogen-bond donors (Lipinski definition) is 3. The maximum Gasteiger partial charge on any atom is 0.252 e. The molecule has 0 atom stereocenters. The van der Waals surface area contributed by atoms with Gasteiger partial charge in [0.25, 0.3) is 5.91 Å². The number of halogens is 1. The summed E-state index contributed by atoms with van der Waals surface area (Å²) in [4.78, 5) is 24.4. The lowest BCUT2D eigenvalue weighted by atomic mass is 9.87. The Morgan fingerprint density at radius 2 is 2.00 bits per heavy atom. The molecular formula is C18H24ClN5O3. The van der Waals surface area contributed by atoms with Crippen molar-refractivity contribution in [3.8, 4) is 5.75 Å². The molecule has 146 valence electrons. The van der Waals surface area contributed by atoms with Gasteiger partial charge in [-0.2, -0.15) is 5.10 Å². The number of carbonyl (C=O) groups excluding carboxylic acids is 2. The molecule has 0 radical (unpaired) electrons. The van der Waals surface area contributed by atoms with E-state index in [1.54, 1.807) is 29.1 Å². The topological polar surface area (TPSA) is 97.3 Å². The molecule has 1 aromatic heterocycles. The van der Waals surface area contributed by atoms with Crippen molar-refractivity contribution in [3.05, 3.63) is 36.7 Å². The first-order valence-electron chi connectivity index (χ1n) is 8.53. The molecule has 1 saturated heterocycles. The van der Waals surface area contributed by atoms with Crippen LogP contribution in [0.2, 0.25) is 0 Å². The molecule has 27 heavy (non-hydrogen) atoms. The Labute approximate surface area is 164 Å². The minimum Gasteiger partial charge on any atom is -0.494 e. The highest BCUT2D eigenvalue weighted by Crippen LogP contribution is 2.31. The summed E-state index contributed by atoms with van der Waals surface area (Å²) in [5, 5.41) is 13.3. The number of benzene rings is 1. The minimum atomic E-state index is -0.724. The molecule has 0 aliphatic carbocycles. The van der Waals surface area contributed by atoms with Gasteiger partial charge in [0.05, 0.1) is 12.8 Å². The third-order valence-corrected chi connectivity index (χ3v) is 4.57. The van der Waals surface area contributed by atoms with Crippen molar-refractivity contribution in [1.29, 1.82) is 0 Å². The third kappa shape index (κ3) is 4.40. The van der Waals surface area contributed by atoms with Crippen LogP contribution in [0.3, 0.4) is 0 Å². The average Bonchev–Trinajstić information content (AvgIpc) is 3.18. The Morgan fingerprint density at radius 3 is 2.59 bits per heavy atom. The molecule has 1 aromatic carbocycles. The predicted molar refractivity (Wildman–Crippen MR) is 105 cm³/mol. The van der Waals surface area contributed by atoms with Gasteiger partial charge in [0.1, 0.15) is 11.3 Å². The van der Waals surface area contributed by atoms with E-state index in [2.05, 4.69) is 21.0 Å². The van der Waals surface area contributed by atoms with Crippen molar-refractivity contribution < 1.29 is 14.3 Å². The van der Waals surface area contributed by atoms with Gasteiger partial charge in [0, 0.05) is 31.1 Å². The maximum absolute atomic E-state index is 13.1. The van der Waals surface area contributed by atoms with Gasteiger partial charge in [-0.15, -0.1) is 12.4 Å². The molecule has 1 aliphatic heterocycles. The fraction of sp³-hybridized carbons (Fsp3) is 0.389. The van der Waals surface area contributed by atoms with E-state index < -0.39 is 5.54 Å². The van der Waals surface area contributed by atoms with Crippen molar-refractivity contribution in [3.63, 3.8) is 0 Å². The largest absolute Gasteiger partial charge is 0.494 e. The molecule has 1 aliphatic rings. The quantitative estimate of drug-likeness (QED) is 0.721. The number of carbonyl (C=O) groups is 2. The molecule has 2 heterocycles. The van der Waals surface area contributed by atoms with Crippen molar-refractivity contribution >= 4 is 35.6 Å². The van der Waals surface area contributed by atoms with Crippen LogP contribution in [0.25, 0.3) is 0 Å². The number of methoxy groups -OCH3 is 1. The number of nitrogens with zero attached hydrogens (tertiary/aromatic N) is 2. The second kappa shape index (κ2) is 8.88. The lowest BCUT2D eigenvalue weighted by Gasteiger charge is -2.36. The van der Waals surface area contributed by atoms with Crippen molar-refractivity contribution in [2.75, 3.05) is 30.8 Å². The second-order valence-electron chi connectivity index (χ2n) is 6.28. The van der Waals surface area contributed by atoms with Crippen LogP contribution in [0.5, 0.6) is 5.75 Å². The number of nitrogens with one attached hydrogen (secondary N) is 3. The standard InChI is InChI=1S/C18H23N5O3.ClH/c1-13(24)21-15-5-4-14(12-16(15)26-2)22-17(25)18(6-9-19-10-7-18)23-11-3-8-20-23;/h3-5,8,11-12,19H,6-7,9-10H2,1-2H3,(H,21,24)(H,22,25);1H. The number of anilines is 2. The number of ether oxygens (including phenoxy) is 1.